The summed E-state index contributed by atoms with van der Waals surface area (Å²) in [6.45, 7) is 7.43. The van der Waals surface area contributed by atoms with Crippen LogP contribution in [0.5, 0.6) is 0 Å². The van der Waals surface area contributed by atoms with E-state index < -0.39 is 9.04 Å². The average molecular weight is 217 g/mol. The van der Waals surface area contributed by atoms with Crippen LogP contribution in [0.15, 0.2) is 25.3 Å². The van der Waals surface area contributed by atoms with Gasteiger partial charge in [-0.1, -0.05) is 12.2 Å². The standard InChI is InChI=1S/C13H17OSi/c1-5-9-13(10-6-2)14-15(11-7-3)12-8-4/h1-2,7-8,13H,3-4,9-12H2. The van der Waals surface area contributed by atoms with Gasteiger partial charge >= 0.3 is 0 Å². The molecule has 0 heterocycles. The molecular formula is C13H17OSi. The molecule has 0 saturated carbocycles. The molecule has 1 nitrogen and oxygen atoms in total. The third-order valence-electron chi connectivity index (χ3n) is 1.77. The Bertz CT molecular complexity index is 243. The molecule has 0 aliphatic carbocycles. The minimum Gasteiger partial charge on any atom is -0.411 e. The first-order valence-electron chi connectivity index (χ1n) is 4.88. The highest BCUT2D eigenvalue weighted by molar-refractivity contribution is 6.53. The van der Waals surface area contributed by atoms with E-state index in [0.29, 0.717) is 12.8 Å². The van der Waals surface area contributed by atoms with E-state index in [1.807, 2.05) is 12.2 Å². The molecule has 0 saturated heterocycles. The molecule has 0 amide bonds. The average Bonchev–Trinajstić information content (AvgIpc) is 2.19. The van der Waals surface area contributed by atoms with Crippen molar-refractivity contribution in [1.29, 1.82) is 0 Å². The maximum Gasteiger partial charge on any atom is 0.219 e. The van der Waals surface area contributed by atoms with Gasteiger partial charge in [0.15, 0.2) is 0 Å². The van der Waals surface area contributed by atoms with Crippen LogP contribution in [0.1, 0.15) is 12.8 Å². The molecule has 2 heteroatoms. The number of hydrogen-bond donors (Lipinski definition) is 0. The van der Waals surface area contributed by atoms with Crippen molar-refractivity contribution < 1.29 is 4.43 Å². The molecule has 0 aromatic heterocycles. The summed E-state index contributed by atoms with van der Waals surface area (Å²) < 4.78 is 5.89. The van der Waals surface area contributed by atoms with Crippen molar-refractivity contribution in [3.63, 3.8) is 0 Å². The third-order valence-corrected chi connectivity index (χ3v) is 3.92. The lowest BCUT2D eigenvalue weighted by molar-refractivity contribution is 0.213. The van der Waals surface area contributed by atoms with Crippen LogP contribution in [0.2, 0.25) is 12.1 Å². The molecule has 0 fully saturated rings. The third kappa shape index (κ3) is 6.80. The van der Waals surface area contributed by atoms with E-state index in [2.05, 4.69) is 25.0 Å². The predicted molar refractivity (Wildman–Crippen MR) is 67.5 cm³/mol. The largest absolute Gasteiger partial charge is 0.411 e. The smallest absolute Gasteiger partial charge is 0.219 e. The van der Waals surface area contributed by atoms with Crippen molar-refractivity contribution in [1.82, 2.24) is 0 Å². The first kappa shape index (κ1) is 13.8. The van der Waals surface area contributed by atoms with E-state index in [1.54, 1.807) is 0 Å². The SMILES string of the molecule is C#CCC(CC#C)O[Si](CC=C)CC=C. The lowest BCUT2D eigenvalue weighted by atomic mass is 10.2. The molecule has 0 aliphatic rings. The fraction of sp³-hybridized carbons (Fsp3) is 0.385. The van der Waals surface area contributed by atoms with Crippen LogP contribution in [-0.4, -0.2) is 15.1 Å². The number of allylic oxidation sites excluding steroid dienone is 2. The quantitative estimate of drug-likeness (QED) is 0.345. The Kier molecular flexibility index (Phi) is 8.58. The van der Waals surface area contributed by atoms with Gasteiger partial charge in [-0.05, 0) is 12.1 Å². The molecule has 0 aromatic rings. The Hall–Kier alpha value is -1.22. The number of terminal acetylenes is 2. The van der Waals surface area contributed by atoms with Gasteiger partial charge in [-0.15, -0.1) is 37.8 Å². The van der Waals surface area contributed by atoms with E-state index >= 15 is 0 Å². The Balaban J connectivity index is 4.19. The first-order valence-corrected chi connectivity index (χ1v) is 6.70. The Morgan fingerprint density at radius 1 is 1.13 bits per heavy atom. The lowest BCUT2D eigenvalue weighted by Gasteiger charge is -2.19. The second kappa shape index (κ2) is 9.34. The second-order valence-electron chi connectivity index (χ2n) is 3.08. The van der Waals surface area contributed by atoms with Gasteiger partial charge in [0, 0.05) is 12.8 Å². The monoisotopic (exact) mass is 217 g/mol. The highest BCUT2D eigenvalue weighted by Gasteiger charge is 2.15. The molecule has 0 spiro atoms. The van der Waals surface area contributed by atoms with Crippen molar-refractivity contribution in [3.05, 3.63) is 25.3 Å². The Morgan fingerprint density at radius 2 is 1.60 bits per heavy atom. The van der Waals surface area contributed by atoms with E-state index in [0.717, 1.165) is 12.1 Å². The highest BCUT2D eigenvalue weighted by atomic mass is 28.3. The molecule has 0 atom stereocenters. The minimum atomic E-state index is -0.916. The van der Waals surface area contributed by atoms with Crippen molar-refractivity contribution in [2.75, 3.05) is 0 Å². The van der Waals surface area contributed by atoms with Crippen LogP contribution < -0.4 is 0 Å². The summed E-state index contributed by atoms with van der Waals surface area (Å²) in [6.07, 6.45) is 15.4. The van der Waals surface area contributed by atoms with E-state index in [9.17, 15) is 0 Å². The van der Waals surface area contributed by atoms with Crippen LogP contribution in [-0.2, 0) is 4.43 Å². The normalized spacial score (nSPS) is 9.60. The van der Waals surface area contributed by atoms with E-state index in [4.69, 9.17) is 17.3 Å². The molecule has 0 N–H and O–H groups in total. The van der Waals surface area contributed by atoms with Crippen LogP contribution in [0.25, 0.3) is 0 Å². The predicted octanol–water partition coefficient (Wildman–Crippen LogP) is 2.78. The van der Waals surface area contributed by atoms with Crippen LogP contribution in [0.3, 0.4) is 0 Å². The molecular weight excluding hydrogens is 200 g/mol. The van der Waals surface area contributed by atoms with Gasteiger partial charge in [0.05, 0.1) is 6.10 Å². The van der Waals surface area contributed by atoms with Crippen molar-refractivity contribution in [2.45, 2.75) is 31.0 Å². The summed E-state index contributed by atoms with van der Waals surface area (Å²) in [4.78, 5) is 0. The summed E-state index contributed by atoms with van der Waals surface area (Å²) in [5, 5.41) is 0. The van der Waals surface area contributed by atoms with Gasteiger partial charge in [-0.2, -0.15) is 0 Å². The molecule has 15 heavy (non-hydrogen) atoms. The van der Waals surface area contributed by atoms with Crippen molar-refractivity contribution >= 4 is 9.04 Å². The van der Waals surface area contributed by atoms with Gasteiger partial charge in [-0.25, -0.2) is 0 Å². The number of hydrogen-bond acceptors (Lipinski definition) is 1. The van der Waals surface area contributed by atoms with Crippen LogP contribution in [0.4, 0.5) is 0 Å². The lowest BCUT2D eigenvalue weighted by Crippen LogP contribution is -2.24. The summed E-state index contributed by atoms with van der Waals surface area (Å²) in [7, 11) is -0.916. The second-order valence-corrected chi connectivity index (χ2v) is 5.21. The zero-order valence-electron chi connectivity index (χ0n) is 9.04. The molecule has 0 aromatic carbocycles. The zero-order chi connectivity index (χ0) is 11.5. The van der Waals surface area contributed by atoms with Gasteiger partial charge in [0.25, 0.3) is 0 Å². The van der Waals surface area contributed by atoms with E-state index in [-0.39, 0.29) is 6.10 Å². The Morgan fingerprint density at radius 3 is 1.93 bits per heavy atom. The van der Waals surface area contributed by atoms with Crippen LogP contribution in [0, 0.1) is 24.7 Å². The van der Waals surface area contributed by atoms with Crippen molar-refractivity contribution in [2.24, 2.45) is 0 Å². The molecule has 0 unspecified atom stereocenters. The van der Waals surface area contributed by atoms with Crippen molar-refractivity contribution in [3.8, 4) is 24.7 Å². The minimum absolute atomic E-state index is 0.00575. The molecule has 0 bridgehead atoms. The summed E-state index contributed by atoms with van der Waals surface area (Å²) in [5.41, 5.74) is 0. The molecule has 1 radical (unpaired) electrons. The van der Waals surface area contributed by atoms with E-state index in [1.165, 1.54) is 0 Å². The molecule has 79 valence electrons. The first-order chi connectivity index (χ1) is 7.28. The molecule has 0 rings (SSSR count). The molecule has 0 aliphatic heterocycles. The summed E-state index contributed by atoms with van der Waals surface area (Å²) >= 11 is 0. The van der Waals surface area contributed by atoms with Gasteiger partial charge in [0.1, 0.15) is 0 Å². The maximum absolute atomic E-state index is 5.89. The topological polar surface area (TPSA) is 9.23 Å². The summed E-state index contributed by atoms with van der Waals surface area (Å²) in [6, 6.07) is 1.78. The maximum atomic E-state index is 5.89. The fourth-order valence-electron chi connectivity index (χ4n) is 1.16. The zero-order valence-corrected chi connectivity index (χ0v) is 10.0. The fourth-order valence-corrected chi connectivity index (χ4v) is 2.80. The summed E-state index contributed by atoms with van der Waals surface area (Å²) in [5.74, 6) is 5.17. The van der Waals surface area contributed by atoms with Gasteiger partial charge in [-0.3, -0.25) is 0 Å². The number of rotatable bonds is 8. The van der Waals surface area contributed by atoms with Gasteiger partial charge < -0.3 is 4.43 Å². The highest BCUT2D eigenvalue weighted by Crippen LogP contribution is 2.11. The van der Waals surface area contributed by atoms with Crippen LogP contribution >= 0.6 is 0 Å². The van der Waals surface area contributed by atoms with Gasteiger partial charge in [0.2, 0.25) is 9.04 Å². The Labute approximate surface area is 95.0 Å².